The first-order valence-electron chi connectivity index (χ1n) is 7.20. The molecule has 0 aromatic heterocycles. The maximum absolute atomic E-state index is 13.5. The number of methoxy groups -OCH3 is 1. The van der Waals surface area contributed by atoms with Crippen LogP contribution in [0.25, 0.3) is 0 Å². The van der Waals surface area contributed by atoms with Crippen LogP contribution in [0.2, 0.25) is 0 Å². The Kier molecular flexibility index (Phi) is 4.76. The molecule has 0 amide bonds. The van der Waals surface area contributed by atoms with Crippen LogP contribution in [0.4, 0.5) is 8.78 Å². The molecule has 2 nitrogen and oxygen atoms in total. The smallest absolute Gasteiger partial charge is 0.159 e. The largest absolute Gasteiger partial charge is 0.376 e. The van der Waals surface area contributed by atoms with Crippen molar-refractivity contribution < 1.29 is 13.5 Å². The fourth-order valence-corrected chi connectivity index (χ4v) is 3.29. The SMILES string of the molecule is CNC(c1ccc(F)c(F)c1)C1(OC)CCC(C)CC1. The molecule has 1 aliphatic rings. The quantitative estimate of drug-likeness (QED) is 0.907. The summed E-state index contributed by atoms with van der Waals surface area (Å²) < 4.78 is 32.4. The first-order valence-corrected chi connectivity index (χ1v) is 7.20. The maximum atomic E-state index is 13.5. The summed E-state index contributed by atoms with van der Waals surface area (Å²) >= 11 is 0. The predicted molar refractivity (Wildman–Crippen MR) is 75.5 cm³/mol. The lowest BCUT2D eigenvalue weighted by Gasteiger charge is -2.44. The molecule has 112 valence electrons. The zero-order valence-electron chi connectivity index (χ0n) is 12.4. The number of hydrogen-bond acceptors (Lipinski definition) is 2. The third-order valence-corrected chi connectivity index (χ3v) is 4.62. The molecule has 0 saturated heterocycles. The van der Waals surface area contributed by atoms with Gasteiger partial charge in [0.05, 0.1) is 11.6 Å². The van der Waals surface area contributed by atoms with Gasteiger partial charge in [0.2, 0.25) is 0 Å². The molecule has 0 heterocycles. The highest BCUT2D eigenvalue weighted by atomic mass is 19.2. The van der Waals surface area contributed by atoms with Gasteiger partial charge in [-0.1, -0.05) is 13.0 Å². The molecular formula is C16H23F2NO. The molecule has 1 aromatic rings. The molecule has 0 radical (unpaired) electrons. The molecule has 1 saturated carbocycles. The van der Waals surface area contributed by atoms with Crippen molar-refractivity contribution in [2.24, 2.45) is 5.92 Å². The molecule has 1 fully saturated rings. The number of benzene rings is 1. The van der Waals surface area contributed by atoms with Crippen molar-refractivity contribution in [2.45, 2.75) is 44.2 Å². The van der Waals surface area contributed by atoms with Crippen molar-refractivity contribution in [3.8, 4) is 0 Å². The molecule has 1 unspecified atom stereocenters. The lowest BCUT2D eigenvalue weighted by atomic mass is 9.73. The van der Waals surface area contributed by atoms with Crippen LogP contribution in [0.5, 0.6) is 0 Å². The van der Waals surface area contributed by atoms with Gasteiger partial charge in [0, 0.05) is 7.11 Å². The van der Waals surface area contributed by atoms with Crippen LogP contribution in [-0.2, 0) is 4.74 Å². The van der Waals surface area contributed by atoms with Crippen molar-refractivity contribution in [1.29, 1.82) is 0 Å². The molecule has 0 aliphatic heterocycles. The second kappa shape index (κ2) is 6.19. The third kappa shape index (κ3) is 2.86. The van der Waals surface area contributed by atoms with Crippen LogP contribution in [0.1, 0.15) is 44.2 Å². The number of likely N-dealkylation sites (N-methyl/N-ethyl adjacent to an activating group) is 1. The number of ether oxygens (including phenoxy) is 1. The minimum Gasteiger partial charge on any atom is -0.376 e. The molecule has 1 N–H and O–H groups in total. The van der Waals surface area contributed by atoms with Crippen LogP contribution in [-0.4, -0.2) is 19.8 Å². The Hall–Kier alpha value is -1.00. The predicted octanol–water partition coefficient (Wildman–Crippen LogP) is 3.82. The maximum Gasteiger partial charge on any atom is 0.159 e. The van der Waals surface area contributed by atoms with Gasteiger partial charge >= 0.3 is 0 Å². The summed E-state index contributed by atoms with van der Waals surface area (Å²) in [5, 5.41) is 3.23. The minimum atomic E-state index is -0.813. The van der Waals surface area contributed by atoms with Crippen molar-refractivity contribution in [3.63, 3.8) is 0 Å². The minimum absolute atomic E-state index is 0.130. The summed E-state index contributed by atoms with van der Waals surface area (Å²) in [6.07, 6.45) is 4.04. The summed E-state index contributed by atoms with van der Waals surface area (Å²) in [5.41, 5.74) is 0.397. The van der Waals surface area contributed by atoms with E-state index in [0.29, 0.717) is 5.92 Å². The summed E-state index contributed by atoms with van der Waals surface area (Å²) in [6.45, 7) is 2.24. The Morgan fingerprint density at radius 1 is 1.25 bits per heavy atom. The number of nitrogens with one attached hydrogen (secondary N) is 1. The number of hydrogen-bond donors (Lipinski definition) is 1. The van der Waals surface area contributed by atoms with E-state index in [9.17, 15) is 8.78 Å². The fraction of sp³-hybridized carbons (Fsp3) is 0.625. The molecule has 4 heteroatoms. The van der Waals surface area contributed by atoms with Crippen LogP contribution >= 0.6 is 0 Å². The Bertz CT molecular complexity index is 456. The van der Waals surface area contributed by atoms with Crippen molar-refractivity contribution in [2.75, 3.05) is 14.2 Å². The van der Waals surface area contributed by atoms with Gasteiger partial charge in [0.1, 0.15) is 0 Å². The van der Waals surface area contributed by atoms with E-state index < -0.39 is 11.6 Å². The van der Waals surface area contributed by atoms with Gasteiger partial charge in [-0.15, -0.1) is 0 Å². The zero-order valence-corrected chi connectivity index (χ0v) is 12.4. The Labute approximate surface area is 119 Å². The summed E-state index contributed by atoms with van der Waals surface area (Å²) in [5.74, 6) is -0.925. The van der Waals surface area contributed by atoms with Crippen LogP contribution in [0.15, 0.2) is 18.2 Å². The van der Waals surface area contributed by atoms with Gasteiger partial charge in [-0.3, -0.25) is 0 Å². The lowest BCUT2D eigenvalue weighted by Crippen LogP contribution is -2.47. The highest BCUT2D eigenvalue weighted by molar-refractivity contribution is 5.24. The first kappa shape index (κ1) is 15.4. The number of rotatable bonds is 4. The third-order valence-electron chi connectivity index (χ3n) is 4.62. The zero-order chi connectivity index (χ0) is 14.8. The van der Waals surface area contributed by atoms with Gasteiger partial charge in [0.25, 0.3) is 0 Å². The van der Waals surface area contributed by atoms with E-state index in [1.54, 1.807) is 13.2 Å². The van der Waals surface area contributed by atoms with Crippen molar-refractivity contribution in [3.05, 3.63) is 35.4 Å². The Morgan fingerprint density at radius 2 is 1.90 bits per heavy atom. The van der Waals surface area contributed by atoms with Gasteiger partial charge in [-0.05, 0) is 56.3 Å². The highest BCUT2D eigenvalue weighted by Gasteiger charge is 2.41. The monoisotopic (exact) mass is 283 g/mol. The van der Waals surface area contributed by atoms with Crippen LogP contribution < -0.4 is 5.32 Å². The second-order valence-electron chi connectivity index (χ2n) is 5.85. The van der Waals surface area contributed by atoms with Crippen LogP contribution in [0.3, 0.4) is 0 Å². The van der Waals surface area contributed by atoms with E-state index in [4.69, 9.17) is 4.74 Å². The average molecular weight is 283 g/mol. The average Bonchev–Trinajstić information content (AvgIpc) is 2.46. The topological polar surface area (TPSA) is 21.3 Å². The standard InChI is InChI=1S/C16H23F2NO/c1-11-6-8-16(20-3,9-7-11)15(19-2)12-4-5-13(17)14(18)10-12/h4-5,10-11,15,19H,6-9H2,1-3H3. The van der Waals surface area contributed by atoms with E-state index in [2.05, 4.69) is 12.2 Å². The van der Waals surface area contributed by atoms with Crippen molar-refractivity contribution >= 4 is 0 Å². The molecule has 0 spiro atoms. The van der Waals surface area contributed by atoms with Crippen molar-refractivity contribution in [1.82, 2.24) is 5.32 Å². The van der Waals surface area contributed by atoms with Gasteiger partial charge in [0.15, 0.2) is 11.6 Å². The highest BCUT2D eigenvalue weighted by Crippen LogP contribution is 2.42. The summed E-state index contributed by atoms with van der Waals surface area (Å²) in [7, 11) is 3.55. The van der Waals surface area contributed by atoms with E-state index >= 15 is 0 Å². The molecule has 1 aromatic carbocycles. The molecular weight excluding hydrogens is 260 g/mol. The van der Waals surface area contributed by atoms with E-state index in [1.165, 1.54) is 12.1 Å². The normalized spacial score (nSPS) is 28.4. The van der Waals surface area contributed by atoms with E-state index in [0.717, 1.165) is 31.2 Å². The molecule has 2 rings (SSSR count). The Morgan fingerprint density at radius 3 is 2.40 bits per heavy atom. The molecule has 1 atom stereocenters. The van der Waals surface area contributed by atoms with Gasteiger partial charge < -0.3 is 10.1 Å². The fourth-order valence-electron chi connectivity index (χ4n) is 3.29. The first-order chi connectivity index (χ1) is 9.52. The molecule has 1 aliphatic carbocycles. The summed E-state index contributed by atoms with van der Waals surface area (Å²) in [4.78, 5) is 0. The summed E-state index contributed by atoms with van der Waals surface area (Å²) in [6, 6.07) is 3.97. The van der Waals surface area contributed by atoms with E-state index in [1.807, 2.05) is 7.05 Å². The number of halogens is 2. The molecule has 20 heavy (non-hydrogen) atoms. The lowest BCUT2D eigenvalue weighted by molar-refractivity contribution is -0.0745. The Balaban J connectivity index is 2.31. The van der Waals surface area contributed by atoms with Crippen LogP contribution in [0, 0.1) is 17.6 Å². The van der Waals surface area contributed by atoms with Gasteiger partial charge in [-0.2, -0.15) is 0 Å². The molecule has 0 bridgehead atoms. The van der Waals surface area contributed by atoms with Gasteiger partial charge in [-0.25, -0.2) is 8.78 Å². The van der Waals surface area contributed by atoms with E-state index in [-0.39, 0.29) is 11.6 Å². The second-order valence-corrected chi connectivity index (χ2v) is 5.85.